The Morgan fingerprint density at radius 3 is 2.37 bits per heavy atom. The lowest BCUT2D eigenvalue weighted by atomic mass is 10.1. The van der Waals surface area contributed by atoms with Crippen molar-refractivity contribution in [2.24, 2.45) is 5.92 Å². The van der Waals surface area contributed by atoms with E-state index in [2.05, 4.69) is 21.5 Å². The number of aryl methyl sites for hydroxylation is 1. The fraction of sp³-hybridized carbons (Fsp3) is 0.316. The van der Waals surface area contributed by atoms with Crippen LogP contribution in [0.1, 0.15) is 47.5 Å². The van der Waals surface area contributed by atoms with Crippen molar-refractivity contribution < 1.29 is 18.8 Å². The second-order valence-electron chi connectivity index (χ2n) is 6.55. The van der Waals surface area contributed by atoms with Gasteiger partial charge >= 0.3 is 6.03 Å². The molecule has 0 spiro atoms. The van der Waals surface area contributed by atoms with E-state index in [1.165, 1.54) is 12.3 Å². The second kappa shape index (κ2) is 7.94. The second-order valence-corrected chi connectivity index (χ2v) is 6.55. The number of anilines is 1. The number of carbonyl (C=O) groups excluding carboxylic acids is 3. The van der Waals surface area contributed by atoms with E-state index in [-0.39, 0.29) is 17.9 Å². The van der Waals surface area contributed by atoms with Gasteiger partial charge in [-0.15, -0.1) is 0 Å². The third kappa shape index (κ3) is 4.87. The number of benzene rings is 1. The Labute approximate surface area is 156 Å². The van der Waals surface area contributed by atoms with Gasteiger partial charge in [-0.1, -0.05) is 12.1 Å². The summed E-state index contributed by atoms with van der Waals surface area (Å²) in [6.45, 7) is 3.48. The molecule has 4 N–H and O–H groups in total. The van der Waals surface area contributed by atoms with Gasteiger partial charge in [0.25, 0.3) is 5.91 Å². The highest BCUT2D eigenvalue weighted by atomic mass is 16.3. The molecule has 1 atom stereocenters. The first kappa shape index (κ1) is 18.5. The molecule has 1 unspecified atom stereocenters. The molecule has 142 valence electrons. The molecule has 1 fully saturated rings. The first-order valence-electron chi connectivity index (χ1n) is 8.76. The molecule has 1 saturated carbocycles. The average Bonchev–Trinajstić information content (AvgIpc) is 3.41. The Morgan fingerprint density at radius 2 is 1.78 bits per heavy atom. The number of furan rings is 1. The maximum absolute atomic E-state index is 12.0. The Balaban J connectivity index is 1.46. The van der Waals surface area contributed by atoms with Crippen molar-refractivity contribution in [2.45, 2.75) is 32.7 Å². The summed E-state index contributed by atoms with van der Waals surface area (Å²) in [5, 5.41) is 5.59. The Morgan fingerprint density at radius 1 is 1.07 bits per heavy atom. The van der Waals surface area contributed by atoms with E-state index < -0.39 is 11.9 Å². The van der Waals surface area contributed by atoms with E-state index in [1.807, 2.05) is 19.1 Å². The minimum atomic E-state index is -0.539. The zero-order valence-corrected chi connectivity index (χ0v) is 15.2. The SMILES string of the molecule is Cc1occc1C(=O)NNC(=O)NC(C)c1ccc(NC(=O)C2CC2)cc1. The van der Waals surface area contributed by atoms with Crippen LogP contribution in [0.3, 0.4) is 0 Å². The average molecular weight is 370 g/mol. The highest BCUT2D eigenvalue weighted by molar-refractivity contribution is 5.96. The van der Waals surface area contributed by atoms with Crippen LogP contribution in [0, 0.1) is 12.8 Å². The number of nitrogens with one attached hydrogen (secondary N) is 4. The summed E-state index contributed by atoms with van der Waals surface area (Å²) in [5.74, 6) is 0.212. The molecule has 2 aromatic rings. The molecule has 4 amide bonds. The number of hydrogen-bond acceptors (Lipinski definition) is 4. The summed E-state index contributed by atoms with van der Waals surface area (Å²) in [7, 11) is 0. The van der Waals surface area contributed by atoms with E-state index in [0.29, 0.717) is 11.3 Å². The molecule has 0 bridgehead atoms. The normalized spacial score (nSPS) is 14.1. The van der Waals surface area contributed by atoms with Crippen LogP contribution >= 0.6 is 0 Å². The lowest BCUT2D eigenvalue weighted by molar-refractivity contribution is -0.117. The van der Waals surface area contributed by atoms with Crippen LogP contribution in [-0.2, 0) is 4.79 Å². The number of rotatable bonds is 5. The Bertz CT molecular complexity index is 840. The molecule has 0 radical (unpaired) electrons. The van der Waals surface area contributed by atoms with Crippen molar-refractivity contribution in [3.05, 3.63) is 53.5 Å². The van der Waals surface area contributed by atoms with Crippen molar-refractivity contribution >= 4 is 23.5 Å². The number of carbonyl (C=O) groups is 3. The van der Waals surface area contributed by atoms with Crippen LogP contribution in [0.15, 0.2) is 41.0 Å². The van der Waals surface area contributed by atoms with Crippen LogP contribution in [0.25, 0.3) is 0 Å². The number of urea groups is 1. The zero-order chi connectivity index (χ0) is 19.4. The summed E-state index contributed by atoms with van der Waals surface area (Å²) in [4.78, 5) is 35.6. The van der Waals surface area contributed by atoms with Crippen LogP contribution in [0.5, 0.6) is 0 Å². The molecule has 1 aliphatic carbocycles. The highest BCUT2D eigenvalue weighted by Gasteiger charge is 2.29. The van der Waals surface area contributed by atoms with Crippen molar-refractivity contribution in [3.8, 4) is 0 Å². The predicted octanol–water partition coefficient (Wildman–Crippen LogP) is 2.64. The van der Waals surface area contributed by atoms with Gasteiger partial charge in [0.05, 0.1) is 17.9 Å². The van der Waals surface area contributed by atoms with Gasteiger partial charge in [-0.3, -0.25) is 15.0 Å². The molecule has 1 aromatic carbocycles. The molecule has 1 aromatic heterocycles. The maximum Gasteiger partial charge on any atom is 0.333 e. The fourth-order valence-electron chi connectivity index (χ4n) is 2.56. The van der Waals surface area contributed by atoms with Crippen LogP contribution in [-0.4, -0.2) is 17.8 Å². The number of hydrazine groups is 1. The van der Waals surface area contributed by atoms with E-state index in [9.17, 15) is 14.4 Å². The fourth-order valence-corrected chi connectivity index (χ4v) is 2.56. The third-order valence-corrected chi connectivity index (χ3v) is 4.37. The van der Waals surface area contributed by atoms with Crippen molar-refractivity contribution in [3.63, 3.8) is 0 Å². The van der Waals surface area contributed by atoms with E-state index in [4.69, 9.17) is 4.42 Å². The van der Waals surface area contributed by atoms with Crippen LogP contribution in [0.2, 0.25) is 0 Å². The third-order valence-electron chi connectivity index (χ3n) is 4.37. The molecule has 1 aliphatic rings. The molecular weight excluding hydrogens is 348 g/mol. The summed E-state index contributed by atoms with van der Waals surface area (Å²) in [6, 6.07) is 7.97. The molecule has 0 aliphatic heterocycles. The minimum absolute atomic E-state index is 0.0527. The smallest absolute Gasteiger partial charge is 0.333 e. The summed E-state index contributed by atoms with van der Waals surface area (Å²) in [5.41, 5.74) is 6.58. The van der Waals surface area contributed by atoms with Crippen molar-refractivity contribution in [2.75, 3.05) is 5.32 Å². The van der Waals surface area contributed by atoms with Gasteiger partial charge < -0.3 is 15.1 Å². The van der Waals surface area contributed by atoms with Gasteiger partial charge in [-0.25, -0.2) is 10.2 Å². The molecule has 1 heterocycles. The molecule has 8 heteroatoms. The first-order valence-corrected chi connectivity index (χ1v) is 8.76. The molecule has 3 rings (SSSR count). The lowest BCUT2D eigenvalue weighted by Gasteiger charge is -2.16. The van der Waals surface area contributed by atoms with Gasteiger partial charge in [0.15, 0.2) is 0 Å². The van der Waals surface area contributed by atoms with Gasteiger partial charge in [0.2, 0.25) is 5.91 Å². The molecule has 8 nitrogen and oxygen atoms in total. The topological polar surface area (TPSA) is 112 Å². The number of amides is 4. The minimum Gasteiger partial charge on any atom is -0.469 e. The van der Waals surface area contributed by atoms with Crippen molar-refractivity contribution in [1.29, 1.82) is 0 Å². The zero-order valence-electron chi connectivity index (χ0n) is 15.2. The summed E-state index contributed by atoms with van der Waals surface area (Å²) < 4.78 is 5.05. The predicted molar refractivity (Wildman–Crippen MR) is 98.8 cm³/mol. The van der Waals surface area contributed by atoms with Crippen molar-refractivity contribution in [1.82, 2.24) is 16.2 Å². The number of hydrogen-bond donors (Lipinski definition) is 4. The Hall–Kier alpha value is -3.29. The van der Waals surface area contributed by atoms with E-state index in [1.54, 1.807) is 19.1 Å². The summed E-state index contributed by atoms with van der Waals surface area (Å²) in [6.07, 6.45) is 3.32. The molecule has 0 saturated heterocycles. The molecular formula is C19H22N4O4. The van der Waals surface area contributed by atoms with E-state index >= 15 is 0 Å². The highest BCUT2D eigenvalue weighted by Crippen LogP contribution is 2.30. The van der Waals surface area contributed by atoms with E-state index in [0.717, 1.165) is 24.1 Å². The standard InChI is InChI=1S/C19H22N4O4/c1-11(13-5-7-15(8-6-13)21-17(24)14-3-4-14)20-19(26)23-22-18(25)16-9-10-27-12(16)2/h5-11,14H,3-4H2,1-2H3,(H,21,24)(H,22,25)(H2,20,23,26). The van der Waals surface area contributed by atoms with Gasteiger partial charge in [-0.05, 0) is 50.5 Å². The van der Waals surface area contributed by atoms with Crippen LogP contribution in [0.4, 0.5) is 10.5 Å². The van der Waals surface area contributed by atoms with Crippen LogP contribution < -0.4 is 21.5 Å². The van der Waals surface area contributed by atoms with Gasteiger partial charge in [-0.2, -0.15) is 0 Å². The van der Waals surface area contributed by atoms with Gasteiger partial charge in [0.1, 0.15) is 5.76 Å². The quantitative estimate of drug-likeness (QED) is 0.606. The first-order chi connectivity index (χ1) is 12.9. The maximum atomic E-state index is 12.0. The monoisotopic (exact) mass is 370 g/mol. The molecule has 27 heavy (non-hydrogen) atoms. The van der Waals surface area contributed by atoms with Gasteiger partial charge in [0, 0.05) is 11.6 Å². The summed E-state index contributed by atoms with van der Waals surface area (Å²) >= 11 is 0. The lowest BCUT2D eigenvalue weighted by Crippen LogP contribution is -2.47. The Kier molecular flexibility index (Phi) is 5.44. The largest absolute Gasteiger partial charge is 0.469 e.